The first-order valence-corrected chi connectivity index (χ1v) is 4.38. The van der Waals surface area contributed by atoms with Crippen LogP contribution in [0.2, 0.25) is 0 Å². The van der Waals surface area contributed by atoms with E-state index >= 15 is 0 Å². The summed E-state index contributed by atoms with van der Waals surface area (Å²) >= 11 is 0. The third-order valence-corrected chi connectivity index (χ3v) is 2.08. The molecule has 1 heterocycles. The summed E-state index contributed by atoms with van der Waals surface area (Å²) in [7, 11) is 0. The first-order valence-electron chi connectivity index (χ1n) is 4.38. The van der Waals surface area contributed by atoms with Gasteiger partial charge in [-0.15, -0.1) is 0 Å². The second-order valence-corrected chi connectivity index (χ2v) is 3.14. The molecule has 0 spiro atoms. The summed E-state index contributed by atoms with van der Waals surface area (Å²) in [5.74, 6) is 0. The molecule has 0 atom stereocenters. The van der Waals surface area contributed by atoms with Crippen LogP contribution >= 0.6 is 0 Å². The van der Waals surface area contributed by atoms with Crippen LogP contribution in [0.1, 0.15) is 11.1 Å². The van der Waals surface area contributed by atoms with E-state index in [1.54, 1.807) is 6.20 Å². The molecule has 0 unspecified atom stereocenters. The van der Waals surface area contributed by atoms with E-state index in [-0.39, 0.29) is 0 Å². The molecule has 0 saturated carbocycles. The quantitative estimate of drug-likeness (QED) is 0.687. The molecular formula is C11H12N2. The van der Waals surface area contributed by atoms with E-state index < -0.39 is 0 Å². The van der Waals surface area contributed by atoms with Crippen molar-refractivity contribution in [2.24, 2.45) is 4.99 Å². The van der Waals surface area contributed by atoms with Crippen LogP contribution in [0.4, 0.5) is 0 Å². The minimum Gasteiger partial charge on any atom is -0.384 e. The molecule has 0 radical (unpaired) electrons. The molecule has 2 rings (SSSR count). The standard InChI is InChI=1S/C11H12N2/c1-9-2-4-10(5-3-9)11-8-12-6-7-13-11/h2-7,12H,8H2,1H3. The third-order valence-electron chi connectivity index (χ3n) is 2.08. The minimum absolute atomic E-state index is 0.819. The van der Waals surface area contributed by atoms with E-state index in [2.05, 4.69) is 41.5 Å². The van der Waals surface area contributed by atoms with Gasteiger partial charge in [-0.05, 0) is 12.5 Å². The zero-order valence-corrected chi connectivity index (χ0v) is 7.62. The van der Waals surface area contributed by atoms with Crippen molar-refractivity contribution in [1.82, 2.24) is 5.32 Å². The Morgan fingerprint density at radius 2 is 2.00 bits per heavy atom. The van der Waals surface area contributed by atoms with E-state index in [1.165, 1.54) is 11.1 Å². The van der Waals surface area contributed by atoms with E-state index in [0.29, 0.717) is 0 Å². The Hall–Kier alpha value is -1.57. The largest absolute Gasteiger partial charge is 0.384 e. The third kappa shape index (κ3) is 1.78. The van der Waals surface area contributed by atoms with Crippen molar-refractivity contribution >= 4 is 5.71 Å². The number of benzene rings is 1. The van der Waals surface area contributed by atoms with Crippen molar-refractivity contribution < 1.29 is 0 Å². The lowest BCUT2D eigenvalue weighted by Gasteiger charge is -2.09. The Morgan fingerprint density at radius 3 is 2.62 bits per heavy atom. The van der Waals surface area contributed by atoms with Gasteiger partial charge in [-0.3, -0.25) is 4.99 Å². The normalized spacial score (nSPS) is 15.0. The predicted octanol–water partition coefficient (Wildman–Crippen LogP) is 1.86. The summed E-state index contributed by atoms with van der Waals surface area (Å²) in [5.41, 5.74) is 3.58. The Bertz CT molecular complexity index is 347. The Morgan fingerprint density at radius 1 is 1.23 bits per heavy atom. The Kier molecular flexibility index (Phi) is 2.13. The zero-order chi connectivity index (χ0) is 9.10. The molecule has 0 fully saturated rings. The summed E-state index contributed by atoms with van der Waals surface area (Å²) in [4.78, 5) is 4.30. The van der Waals surface area contributed by atoms with Crippen LogP contribution < -0.4 is 5.32 Å². The van der Waals surface area contributed by atoms with E-state index in [0.717, 1.165) is 12.3 Å². The van der Waals surface area contributed by atoms with Crippen LogP contribution in [0.15, 0.2) is 41.7 Å². The van der Waals surface area contributed by atoms with E-state index in [1.807, 2.05) is 6.20 Å². The highest BCUT2D eigenvalue weighted by Gasteiger charge is 2.02. The number of hydrogen-bond acceptors (Lipinski definition) is 2. The number of aliphatic imine (C=N–C) groups is 1. The maximum Gasteiger partial charge on any atom is 0.0667 e. The van der Waals surface area contributed by atoms with Gasteiger partial charge in [0.2, 0.25) is 0 Å². The molecule has 0 aromatic heterocycles. The first-order chi connectivity index (χ1) is 6.36. The molecule has 1 aromatic rings. The fraction of sp³-hybridized carbons (Fsp3) is 0.182. The van der Waals surface area contributed by atoms with Crippen LogP contribution in [0.3, 0.4) is 0 Å². The summed E-state index contributed by atoms with van der Waals surface area (Å²) in [6, 6.07) is 8.43. The average molecular weight is 172 g/mol. The van der Waals surface area contributed by atoms with Crippen molar-refractivity contribution in [3.63, 3.8) is 0 Å². The monoisotopic (exact) mass is 172 g/mol. The van der Waals surface area contributed by atoms with Crippen LogP contribution in [0, 0.1) is 6.92 Å². The number of rotatable bonds is 1. The maximum atomic E-state index is 4.30. The second kappa shape index (κ2) is 3.44. The number of nitrogens with one attached hydrogen (secondary N) is 1. The molecule has 2 nitrogen and oxygen atoms in total. The van der Waals surface area contributed by atoms with Crippen LogP contribution in [-0.4, -0.2) is 12.3 Å². The van der Waals surface area contributed by atoms with Crippen molar-refractivity contribution in [2.75, 3.05) is 6.54 Å². The van der Waals surface area contributed by atoms with Crippen molar-refractivity contribution in [3.8, 4) is 0 Å². The SMILES string of the molecule is Cc1ccc(C2=NC=CNC2)cc1. The van der Waals surface area contributed by atoms with E-state index in [9.17, 15) is 0 Å². The second-order valence-electron chi connectivity index (χ2n) is 3.14. The number of hydrogen-bond donors (Lipinski definition) is 1. The molecule has 13 heavy (non-hydrogen) atoms. The topological polar surface area (TPSA) is 24.4 Å². The predicted molar refractivity (Wildman–Crippen MR) is 54.9 cm³/mol. The van der Waals surface area contributed by atoms with Gasteiger partial charge in [0.15, 0.2) is 0 Å². The highest BCUT2D eigenvalue weighted by Crippen LogP contribution is 2.06. The van der Waals surface area contributed by atoms with Gasteiger partial charge in [-0.25, -0.2) is 0 Å². The van der Waals surface area contributed by atoms with Gasteiger partial charge in [0, 0.05) is 12.4 Å². The minimum atomic E-state index is 0.819. The fourth-order valence-electron chi connectivity index (χ4n) is 1.30. The molecule has 1 aliphatic rings. The van der Waals surface area contributed by atoms with Crippen molar-refractivity contribution in [3.05, 3.63) is 47.8 Å². The highest BCUT2D eigenvalue weighted by molar-refractivity contribution is 6.02. The lowest BCUT2D eigenvalue weighted by Crippen LogP contribution is -2.21. The van der Waals surface area contributed by atoms with Gasteiger partial charge in [0.05, 0.1) is 12.3 Å². The van der Waals surface area contributed by atoms with Gasteiger partial charge in [-0.2, -0.15) is 0 Å². The zero-order valence-electron chi connectivity index (χ0n) is 7.62. The lowest BCUT2D eigenvalue weighted by molar-refractivity contribution is 0.988. The molecule has 1 N–H and O–H groups in total. The molecule has 1 aliphatic heterocycles. The fourth-order valence-corrected chi connectivity index (χ4v) is 1.30. The van der Waals surface area contributed by atoms with Gasteiger partial charge < -0.3 is 5.32 Å². The van der Waals surface area contributed by atoms with Crippen LogP contribution in [-0.2, 0) is 0 Å². The summed E-state index contributed by atoms with van der Waals surface area (Å²) in [5, 5.41) is 3.14. The van der Waals surface area contributed by atoms with Crippen LogP contribution in [0.25, 0.3) is 0 Å². The smallest absolute Gasteiger partial charge is 0.0667 e. The summed E-state index contributed by atoms with van der Waals surface area (Å²) < 4.78 is 0. The van der Waals surface area contributed by atoms with Crippen molar-refractivity contribution in [1.29, 1.82) is 0 Å². The number of nitrogens with zero attached hydrogens (tertiary/aromatic N) is 1. The van der Waals surface area contributed by atoms with Gasteiger partial charge >= 0.3 is 0 Å². The highest BCUT2D eigenvalue weighted by atomic mass is 14.9. The molecule has 2 heteroatoms. The molecule has 0 amide bonds. The Labute approximate surface area is 78.0 Å². The van der Waals surface area contributed by atoms with Crippen molar-refractivity contribution in [2.45, 2.75) is 6.92 Å². The maximum absolute atomic E-state index is 4.30. The molecule has 0 aliphatic carbocycles. The van der Waals surface area contributed by atoms with Gasteiger partial charge in [0.1, 0.15) is 0 Å². The van der Waals surface area contributed by atoms with Gasteiger partial charge in [0.25, 0.3) is 0 Å². The van der Waals surface area contributed by atoms with Gasteiger partial charge in [-0.1, -0.05) is 29.8 Å². The molecule has 0 bridgehead atoms. The molecule has 66 valence electrons. The molecule has 1 aromatic carbocycles. The number of aryl methyl sites for hydroxylation is 1. The molecule has 0 saturated heterocycles. The van der Waals surface area contributed by atoms with E-state index in [4.69, 9.17) is 0 Å². The first kappa shape index (κ1) is 8.05. The lowest BCUT2D eigenvalue weighted by atomic mass is 10.1. The Balaban J connectivity index is 2.30. The average Bonchev–Trinajstić information content (AvgIpc) is 2.20. The molecular weight excluding hydrogens is 160 g/mol. The van der Waals surface area contributed by atoms with Crippen LogP contribution in [0.5, 0.6) is 0 Å². The summed E-state index contributed by atoms with van der Waals surface area (Å²) in [6.45, 7) is 2.91. The summed E-state index contributed by atoms with van der Waals surface area (Å²) in [6.07, 6.45) is 3.65.